The third-order valence-corrected chi connectivity index (χ3v) is 2.75. The number of unbranched alkanes of at least 4 members (excludes halogenated alkanes) is 2. The molecule has 0 unspecified atom stereocenters. The van der Waals surface area contributed by atoms with Crippen LogP contribution >= 0.6 is 0 Å². The van der Waals surface area contributed by atoms with Gasteiger partial charge in [-0.05, 0) is 39.5 Å². The molecule has 0 amide bonds. The van der Waals surface area contributed by atoms with Gasteiger partial charge in [0.25, 0.3) is 0 Å². The molecule has 0 aromatic heterocycles. The highest BCUT2D eigenvalue weighted by Crippen LogP contribution is 2.09. The van der Waals surface area contributed by atoms with Crippen LogP contribution in [0.2, 0.25) is 0 Å². The van der Waals surface area contributed by atoms with Crippen LogP contribution in [0.4, 0.5) is 0 Å². The van der Waals surface area contributed by atoms with Gasteiger partial charge in [-0.25, -0.2) is 9.59 Å². The van der Waals surface area contributed by atoms with Crippen molar-refractivity contribution in [1.29, 1.82) is 0 Å². The van der Waals surface area contributed by atoms with Crippen LogP contribution in [0.3, 0.4) is 0 Å². The van der Waals surface area contributed by atoms with E-state index in [1.165, 1.54) is 0 Å². The van der Waals surface area contributed by atoms with E-state index in [1.54, 1.807) is 26.0 Å². The van der Waals surface area contributed by atoms with Crippen LogP contribution in [0.5, 0.6) is 0 Å². The van der Waals surface area contributed by atoms with Crippen LogP contribution in [0.25, 0.3) is 0 Å². The molecule has 0 aliphatic rings. The van der Waals surface area contributed by atoms with E-state index >= 15 is 0 Å². The van der Waals surface area contributed by atoms with Gasteiger partial charge in [0.15, 0.2) is 0 Å². The first kappa shape index (κ1) is 18.2. The molecule has 0 fully saturated rings. The predicted octanol–water partition coefficient (Wildman–Crippen LogP) is 3.34. The third kappa shape index (κ3) is 7.56. The molecule has 112 valence electrons. The van der Waals surface area contributed by atoms with E-state index in [2.05, 4.69) is 13.2 Å². The Bertz CT molecular complexity index is 344. The lowest BCUT2D eigenvalue weighted by Gasteiger charge is -2.08. The summed E-state index contributed by atoms with van der Waals surface area (Å²) in [6, 6.07) is 0. The normalized spacial score (nSPS) is 11.3. The summed E-state index contributed by atoms with van der Waals surface area (Å²) in [6.45, 7) is 11.0. The number of ether oxygens (including phenoxy) is 2. The van der Waals surface area contributed by atoms with Crippen molar-refractivity contribution in [3.05, 3.63) is 36.5 Å². The van der Waals surface area contributed by atoms with E-state index in [-0.39, 0.29) is 11.1 Å². The van der Waals surface area contributed by atoms with Gasteiger partial charge in [0.2, 0.25) is 0 Å². The molecule has 4 nitrogen and oxygen atoms in total. The van der Waals surface area contributed by atoms with E-state index in [1.807, 2.05) is 0 Å². The van der Waals surface area contributed by atoms with E-state index in [0.29, 0.717) is 13.2 Å². The number of carbonyl (C=O) groups is 2. The molecule has 20 heavy (non-hydrogen) atoms. The fraction of sp³-hybridized carbons (Fsp3) is 0.500. The quantitative estimate of drug-likeness (QED) is 0.266. The molecular formula is C16H24O4. The Balaban J connectivity index is 4.25. The van der Waals surface area contributed by atoms with Crippen molar-refractivity contribution in [2.45, 2.75) is 39.5 Å². The van der Waals surface area contributed by atoms with Gasteiger partial charge >= 0.3 is 11.9 Å². The first-order valence-electron chi connectivity index (χ1n) is 6.78. The van der Waals surface area contributed by atoms with Crippen molar-refractivity contribution in [2.24, 2.45) is 0 Å². The SMILES string of the molecule is C=CCCCOC(=O)/C(C)=C(/C)C(=O)OCCCC=C. The maximum atomic E-state index is 11.7. The molecule has 0 atom stereocenters. The molecule has 4 heteroatoms. The Morgan fingerprint density at radius 3 is 1.50 bits per heavy atom. The average Bonchev–Trinajstić information content (AvgIpc) is 2.46. The molecule has 0 bridgehead atoms. The molecule has 0 spiro atoms. The van der Waals surface area contributed by atoms with Gasteiger partial charge in [0.1, 0.15) is 0 Å². The minimum absolute atomic E-state index is 0.289. The first-order valence-corrected chi connectivity index (χ1v) is 6.78. The second-order valence-electron chi connectivity index (χ2n) is 4.38. The predicted molar refractivity (Wildman–Crippen MR) is 79.2 cm³/mol. The molecule has 0 saturated heterocycles. The van der Waals surface area contributed by atoms with Crippen molar-refractivity contribution >= 4 is 11.9 Å². The standard InChI is InChI=1S/C16H24O4/c1-5-7-9-11-19-15(17)13(3)14(4)16(18)20-12-10-8-6-2/h5-6H,1-2,7-12H2,3-4H3/b14-13-. The Hall–Kier alpha value is -1.84. The maximum absolute atomic E-state index is 11.7. The lowest BCUT2D eigenvalue weighted by atomic mass is 10.1. The van der Waals surface area contributed by atoms with E-state index in [9.17, 15) is 9.59 Å². The lowest BCUT2D eigenvalue weighted by Crippen LogP contribution is -2.14. The van der Waals surface area contributed by atoms with Crippen molar-refractivity contribution in [3.63, 3.8) is 0 Å². The van der Waals surface area contributed by atoms with Crippen molar-refractivity contribution in [3.8, 4) is 0 Å². The largest absolute Gasteiger partial charge is 0.462 e. The number of allylic oxidation sites excluding steroid dienone is 2. The van der Waals surface area contributed by atoms with Crippen LogP contribution in [-0.4, -0.2) is 25.2 Å². The van der Waals surface area contributed by atoms with Gasteiger partial charge in [-0.3, -0.25) is 0 Å². The summed E-state index contributed by atoms with van der Waals surface area (Å²) in [5.41, 5.74) is 0.578. The summed E-state index contributed by atoms with van der Waals surface area (Å²) in [7, 11) is 0. The van der Waals surface area contributed by atoms with Crippen LogP contribution < -0.4 is 0 Å². The Kier molecular flexibility index (Phi) is 10.0. The Labute approximate surface area is 121 Å². The van der Waals surface area contributed by atoms with Crippen LogP contribution in [-0.2, 0) is 19.1 Å². The molecule has 0 aliphatic heterocycles. The third-order valence-electron chi connectivity index (χ3n) is 2.75. The summed E-state index contributed by atoms with van der Waals surface area (Å²) in [6.07, 6.45) is 6.58. The minimum Gasteiger partial charge on any atom is -0.462 e. The topological polar surface area (TPSA) is 52.6 Å². The number of hydrogen-bond acceptors (Lipinski definition) is 4. The molecule has 0 radical (unpaired) electrons. The van der Waals surface area contributed by atoms with Crippen molar-refractivity contribution < 1.29 is 19.1 Å². The zero-order valence-corrected chi connectivity index (χ0v) is 12.4. The highest BCUT2D eigenvalue weighted by molar-refractivity contribution is 5.99. The first-order chi connectivity index (χ1) is 9.54. The van der Waals surface area contributed by atoms with Crippen molar-refractivity contribution in [1.82, 2.24) is 0 Å². The van der Waals surface area contributed by atoms with Gasteiger partial charge in [0, 0.05) is 11.1 Å². The molecule has 0 N–H and O–H groups in total. The molecular weight excluding hydrogens is 256 g/mol. The summed E-state index contributed by atoms with van der Waals surface area (Å²) < 4.78 is 10.1. The van der Waals surface area contributed by atoms with Gasteiger partial charge in [-0.1, -0.05) is 12.2 Å². The number of hydrogen-bond donors (Lipinski definition) is 0. The maximum Gasteiger partial charge on any atom is 0.334 e. The van der Waals surface area contributed by atoms with E-state index in [4.69, 9.17) is 9.47 Å². The van der Waals surface area contributed by atoms with Gasteiger partial charge in [-0.2, -0.15) is 0 Å². The molecule has 0 saturated carbocycles. The van der Waals surface area contributed by atoms with E-state index < -0.39 is 11.9 Å². The van der Waals surface area contributed by atoms with Crippen LogP contribution in [0.1, 0.15) is 39.5 Å². The smallest absolute Gasteiger partial charge is 0.334 e. The molecule has 0 aromatic rings. The number of esters is 2. The van der Waals surface area contributed by atoms with Crippen LogP contribution in [0, 0.1) is 0 Å². The Morgan fingerprint density at radius 1 is 0.850 bits per heavy atom. The van der Waals surface area contributed by atoms with Gasteiger partial charge < -0.3 is 9.47 Å². The summed E-state index contributed by atoms with van der Waals surface area (Å²) in [5, 5.41) is 0. The summed E-state index contributed by atoms with van der Waals surface area (Å²) >= 11 is 0. The van der Waals surface area contributed by atoms with Gasteiger partial charge in [-0.15, -0.1) is 13.2 Å². The highest BCUT2D eigenvalue weighted by Gasteiger charge is 2.15. The lowest BCUT2D eigenvalue weighted by molar-refractivity contribution is -0.142. The highest BCUT2D eigenvalue weighted by atomic mass is 16.5. The monoisotopic (exact) mass is 280 g/mol. The zero-order valence-electron chi connectivity index (χ0n) is 12.4. The summed E-state index contributed by atoms with van der Waals surface area (Å²) in [5.74, 6) is -0.954. The molecule has 0 aromatic carbocycles. The molecule has 0 rings (SSSR count). The van der Waals surface area contributed by atoms with Gasteiger partial charge in [0.05, 0.1) is 13.2 Å². The minimum atomic E-state index is -0.477. The Morgan fingerprint density at radius 2 is 1.20 bits per heavy atom. The second-order valence-corrected chi connectivity index (χ2v) is 4.38. The second kappa shape index (κ2) is 11.0. The van der Waals surface area contributed by atoms with Crippen LogP contribution in [0.15, 0.2) is 36.5 Å². The molecule has 0 heterocycles. The van der Waals surface area contributed by atoms with E-state index in [0.717, 1.165) is 25.7 Å². The fourth-order valence-corrected chi connectivity index (χ4v) is 1.31. The average molecular weight is 280 g/mol. The number of rotatable bonds is 10. The van der Waals surface area contributed by atoms with Crippen molar-refractivity contribution in [2.75, 3.05) is 13.2 Å². The summed E-state index contributed by atoms with van der Waals surface area (Å²) in [4.78, 5) is 23.4. The number of carbonyl (C=O) groups excluding carboxylic acids is 2. The fourth-order valence-electron chi connectivity index (χ4n) is 1.31. The zero-order chi connectivity index (χ0) is 15.4. The molecule has 0 aliphatic carbocycles.